The van der Waals surface area contributed by atoms with Crippen molar-refractivity contribution in [2.24, 2.45) is 0 Å². The average molecular weight is 419 g/mol. The molecule has 26 heavy (non-hydrogen) atoms. The molecule has 0 aliphatic rings. The molecule has 0 bridgehead atoms. The Balaban J connectivity index is 2.01. The number of hydrogen-bond donors (Lipinski definition) is 1. The zero-order valence-corrected chi connectivity index (χ0v) is 15.5. The third-order valence-electron chi connectivity index (χ3n) is 3.58. The van der Waals surface area contributed by atoms with Gasteiger partial charge >= 0.3 is 0 Å². The minimum atomic E-state index is -0.402. The van der Waals surface area contributed by atoms with Crippen LogP contribution in [0.25, 0.3) is 17.1 Å². The lowest BCUT2D eigenvalue weighted by molar-refractivity contribution is 0.0927. The molecular weight excluding hydrogens is 403 g/mol. The number of nitrogens with zero attached hydrogens (tertiary/aromatic N) is 3. The maximum Gasteiger partial charge on any atom is 0.291 e. The molecule has 3 rings (SSSR count). The van der Waals surface area contributed by atoms with Crippen LogP contribution in [0.4, 0.5) is 4.39 Å². The first-order valence-electron chi connectivity index (χ1n) is 7.84. The third-order valence-corrected chi connectivity index (χ3v) is 4.10. The highest BCUT2D eigenvalue weighted by atomic mass is 79.9. The van der Waals surface area contributed by atoms with Crippen LogP contribution in [-0.2, 0) is 4.74 Å². The molecule has 0 aliphatic carbocycles. The largest absolute Gasteiger partial charge is 0.383 e. The van der Waals surface area contributed by atoms with Gasteiger partial charge in [-0.2, -0.15) is 0 Å². The van der Waals surface area contributed by atoms with E-state index >= 15 is 0 Å². The summed E-state index contributed by atoms with van der Waals surface area (Å²) < 4.78 is 20.6. The maximum atomic E-state index is 13.3. The smallest absolute Gasteiger partial charge is 0.291 e. The van der Waals surface area contributed by atoms with Gasteiger partial charge in [0, 0.05) is 23.7 Å². The van der Waals surface area contributed by atoms with Gasteiger partial charge in [-0.3, -0.25) is 4.79 Å². The molecule has 0 atom stereocenters. The molecule has 1 heterocycles. The molecule has 1 aromatic heterocycles. The second-order valence-corrected chi connectivity index (χ2v) is 6.32. The van der Waals surface area contributed by atoms with Gasteiger partial charge in [0.15, 0.2) is 5.82 Å². The molecule has 2 aromatic carbocycles. The van der Waals surface area contributed by atoms with Crippen molar-refractivity contribution in [1.82, 2.24) is 20.1 Å². The van der Waals surface area contributed by atoms with Crippen LogP contribution < -0.4 is 5.32 Å². The summed E-state index contributed by atoms with van der Waals surface area (Å²) in [5, 5.41) is 7.00. The lowest BCUT2D eigenvalue weighted by atomic mass is 10.2. The number of amides is 1. The second-order valence-electron chi connectivity index (χ2n) is 5.40. The van der Waals surface area contributed by atoms with Crippen LogP contribution in [0.5, 0.6) is 0 Å². The van der Waals surface area contributed by atoms with Crippen molar-refractivity contribution in [1.29, 1.82) is 0 Å². The molecule has 0 saturated carbocycles. The Hall–Kier alpha value is -2.58. The van der Waals surface area contributed by atoms with E-state index in [1.165, 1.54) is 16.8 Å². The summed E-state index contributed by atoms with van der Waals surface area (Å²) in [7, 11) is 1.55. The summed E-state index contributed by atoms with van der Waals surface area (Å²) >= 11 is 3.39. The van der Waals surface area contributed by atoms with Crippen molar-refractivity contribution in [3.8, 4) is 17.1 Å². The molecule has 0 unspecified atom stereocenters. The second kappa shape index (κ2) is 8.20. The first kappa shape index (κ1) is 18.2. The lowest BCUT2D eigenvalue weighted by Gasteiger charge is -2.06. The Morgan fingerprint density at radius 1 is 1.19 bits per heavy atom. The summed E-state index contributed by atoms with van der Waals surface area (Å²) in [6.07, 6.45) is 0. The first-order valence-corrected chi connectivity index (χ1v) is 8.64. The van der Waals surface area contributed by atoms with Crippen LogP contribution in [0.2, 0.25) is 0 Å². The molecule has 134 valence electrons. The summed E-state index contributed by atoms with van der Waals surface area (Å²) in [5.74, 6) is -0.234. The van der Waals surface area contributed by atoms with Crippen molar-refractivity contribution >= 4 is 21.8 Å². The van der Waals surface area contributed by atoms with Crippen molar-refractivity contribution in [2.75, 3.05) is 20.3 Å². The van der Waals surface area contributed by atoms with Crippen LogP contribution in [0.15, 0.2) is 53.0 Å². The Morgan fingerprint density at radius 3 is 2.54 bits per heavy atom. The molecular formula is C18H16BrFN4O2. The summed E-state index contributed by atoms with van der Waals surface area (Å²) in [4.78, 5) is 16.7. The van der Waals surface area contributed by atoms with Crippen LogP contribution >= 0.6 is 15.9 Å². The lowest BCUT2D eigenvalue weighted by Crippen LogP contribution is -2.28. The third kappa shape index (κ3) is 4.14. The van der Waals surface area contributed by atoms with E-state index in [2.05, 4.69) is 31.3 Å². The van der Waals surface area contributed by atoms with Gasteiger partial charge < -0.3 is 10.1 Å². The highest BCUT2D eigenvalue weighted by Crippen LogP contribution is 2.23. The van der Waals surface area contributed by atoms with E-state index in [1.807, 2.05) is 24.3 Å². The Bertz CT molecular complexity index is 832. The van der Waals surface area contributed by atoms with Gasteiger partial charge in [-0.05, 0) is 36.4 Å². The topological polar surface area (TPSA) is 69.0 Å². The average Bonchev–Trinajstić information content (AvgIpc) is 3.08. The number of nitrogens with one attached hydrogen (secondary N) is 1. The Kier molecular flexibility index (Phi) is 5.75. The molecule has 1 N–H and O–H groups in total. The number of rotatable bonds is 6. The molecule has 0 radical (unpaired) electrons. The van der Waals surface area contributed by atoms with E-state index < -0.39 is 5.91 Å². The fourth-order valence-corrected chi connectivity index (χ4v) is 2.57. The van der Waals surface area contributed by atoms with E-state index in [0.29, 0.717) is 24.7 Å². The fourth-order valence-electron chi connectivity index (χ4n) is 2.30. The van der Waals surface area contributed by atoms with E-state index in [0.717, 1.165) is 10.0 Å². The number of hydrogen-bond acceptors (Lipinski definition) is 4. The first-order chi connectivity index (χ1) is 12.6. The van der Waals surface area contributed by atoms with E-state index in [1.54, 1.807) is 19.2 Å². The highest BCUT2D eigenvalue weighted by Gasteiger charge is 2.18. The SMILES string of the molecule is COCCNC(=O)c1nc(-c2ccc(Br)cc2)n(-c2ccc(F)cc2)n1. The Morgan fingerprint density at radius 2 is 1.88 bits per heavy atom. The number of carbonyl (C=O) groups excluding carboxylic acids is 1. The molecule has 3 aromatic rings. The molecule has 1 amide bonds. The normalized spacial score (nSPS) is 10.7. The van der Waals surface area contributed by atoms with Crippen LogP contribution in [0.1, 0.15) is 10.6 Å². The standard InChI is InChI=1S/C18H16BrFN4O2/c1-26-11-10-21-18(25)16-22-17(12-2-4-13(19)5-3-12)24(23-16)15-8-6-14(20)7-9-15/h2-9H,10-11H2,1H3,(H,21,25). The van der Waals surface area contributed by atoms with Crippen LogP contribution in [-0.4, -0.2) is 40.9 Å². The van der Waals surface area contributed by atoms with Gasteiger partial charge in [0.2, 0.25) is 5.82 Å². The van der Waals surface area contributed by atoms with E-state index in [4.69, 9.17) is 4.74 Å². The monoisotopic (exact) mass is 418 g/mol. The van der Waals surface area contributed by atoms with Crippen molar-refractivity contribution in [3.05, 3.63) is 64.6 Å². The van der Waals surface area contributed by atoms with Gasteiger partial charge in [0.1, 0.15) is 5.82 Å². The number of aromatic nitrogens is 3. The highest BCUT2D eigenvalue weighted by molar-refractivity contribution is 9.10. The number of benzene rings is 2. The zero-order valence-electron chi connectivity index (χ0n) is 13.9. The molecule has 8 heteroatoms. The number of ether oxygens (including phenoxy) is 1. The van der Waals surface area contributed by atoms with Crippen molar-refractivity contribution < 1.29 is 13.9 Å². The molecule has 0 aliphatic heterocycles. The summed E-state index contributed by atoms with van der Waals surface area (Å²) in [5.41, 5.74) is 1.38. The van der Waals surface area contributed by atoms with Gasteiger partial charge in [-0.1, -0.05) is 28.1 Å². The van der Waals surface area contributed by atoms with Gasteiger partial charge in [-0.15, -0.1) is 5.10 Å². The molecule has 0 saturated heterocycles. The summed E-state index contributed by atoms with van der Waals surface area (Å²) in [6, 6.07) is 13.3. The molecule has 6 nitrogen and oxygen atoms in total. The predicted molar refractivity (Wildman–Crippen MR) is 98.7 cm³/mol. The van der Waals surface area contributed by atoms with Gasteiger partial charge in [0.05, 0.1) is 12.3 Å². The van der Waals surface area contributed by atoms with Crippen molar-refractivity contribution in [3.63, 3.8) is 0 Å². The van der Waals surface area contributed by atoms with E-state index in [-0.39, 0.29) is 11.6 Å². The number of carbonyl (C=O) groups is 1. The number of halogens is 2. The van der Waals surface area contributed by atoms with Gasteiger partial charge in [0.25, 0.3) is 5.91 Å². The van der Waals surface area contributed by atoms with Gasteiger partial charge in [-0.25, -0.2) is 14.1 Å². The minimum absolute atomic E-state index is 0.0309. The van der Waals surface area contributed by atoms with Crippen LogP contribution in [0, 0.1) is 5.82 Å². The Labute approximate surface area is 158 Å². The molecule has 0 spiro atoms. The number of methoxy groups -OCH3 is 1. The predicted octanol–water partition coefficient (Wildman–Crippen LogP) is 3.21. The zero-order chi connectivity index (χ0) is 18.5. The summed E-state index contributed by atoms with van der Waals surface area (Å²) in [6.45, 7) is 0.748. The van der Waals surface area contributed by atoms with Crippen molar-refractivity contribution in [2.45, 2.75) is 0 Å². The minimum Gasteiger partial charge on any atom is -0.383 e. The quantitative estimate of drug-likeness (QED) is 0.624. The maximum absolute atomic E-state index is 13.3. The van der Waals surface area contributed by atoms with Crippen LogP contribution in [0.3, 0.4) is 0 Å². The van der Waals surface area contributed by atoms with E-state index in [9.17, 15) is 9.18 Å². The fraction of sp³-hybridized carbons (Fsp3) is 0.167. The molecule has 0 fully saturated rings.